The first-order chi connectivity index (χ1) is 10.8. The average Bonchev–Trinajstić information content (AvgIpc) is 3.34. The van der Waals surface area contributed by atoms with E-state index in [1.54, 1.807) is 4.90 Å². The summed E-state index contributed by atoms with van der Waals surface area (Å²) in [6, 6.07) is 8.08. The van der Waals surface area contributed by atoms with Crippen molar-refractivity contribution in [2.24, 2.45) is 0 Å². The summed E-state index contributed by atoms with van der Waals surface area (Å²) in [4.78, 5) is 15.9. The number of hydrogen-bond acceptors (Lipinski definition) is 5. The molecule has 3 heterocycles. The van der Waals surface area contributed by atoms with Gasteiger partial charge in [-0.1, -0.05) is 22.6 Å². The van der Waals surface area contributed by atoms with Gasteiger partial charge in [-0.2, -0.15) is 0 Å². The highest BCUT2D eigenvalue weighted by Gasteiger charge is 2.50. The van der Waals surface area contributed by atoms with Gasteiger partial charge in [-0.15, -0.1) is 0 Å². The van der Waals surface area contributed by atoms with Gasteiger partial charge in [0.1, 0.15) is 6.61 Å². The van der Waals surface area contributed by atoms with Gasteiger partial charge in [-0.25, -0.2) is 0 Å². The number of carbonyl (C=O) groups excluding carboxylic acids is 1. The van der Waals surface area contributed by atoms with Crippen molar-refractivity contribution in [2.45, 2.75) is 18.6 Å². The van der Waals surface area contributed by atoms with Crippen LogP contribution >= 0.6 is 22.6 Å². The Balaban J connectivity index is 1.51. The molecule has 0 aliphatic carbocycles. The van der Waals surface area contributed by atoms with Crippen molar-refractivity contribution < 1.29 is 19.0 Å². The molecule has 118 valence electrons. The van der Waals surface area contributed by atoms with Crippen LogP contribution in [0.4, 0.5) is 11.4 Å². The van der Waals surface area contributed by atoms with Gasteiger partial charge in [0.15, 0.2) is 6.23 Å². The zero-order valence-corrected chi connectivity index (χ0v) is 14.1. The normalized spacial score (nSPS) is 31.1. The molecule has 22 heavy (non-hydrogen) atoms. The second kappa shape index (κ2) is 5.95. The molecule has 3 aliphatic rings. The maximum absolute atomic E-state index is 11.9. The molecule has 0 aromatic heterocycles. The molecular weight excluding hydrogens is 399 g/mol. The minimum atomic E-state index is -0.0889. The summed E-state index contributed by atoms with van der Waals surface area (Å²) in [6.07, 6.45) is 0.147. The van der Waals surface area contributed by atoms with E-state index >= 15 is 0 Å². The molecule has 1 amide bonds. The lowest BCUT2D eigenvalue weighted by Gasteiger charge is -2.31. The van der Waals surface area contributed by atoms with Crippen molar-refractivity contribution in [1.82, 2.24) is 0 Å². The molecule has 1 aromatic carbocycles. The monoisotopic (exact) mass is 416 g/mol. The smallest absolute Gasteiger partial charge is 0.253 e. The summed E-state index contributed by atoms with van der Waals surface area (Å²) in [5.74, 6) is 0.0148. The number of epoxide rings is 1. The van der Waals surface area contributed by atoms with Crippen molar-refractivity contribution in [3.63, 3.8) is 0 Å². The Morgan fingerprint density at radius 2 is 1.95 bits per heavy atom. The van der Waals surface area contributed by atoms with Crippen LogP contribution in [0.2, 0.25) is 0 Å². The van der Waals surface area contributed by atoms with Gasteiger partial charge in [-0.3, -0.25) is 4.79 Å². The van der Waals surface area contributed by atoms with Gasteiger partial charge in [-0.05, 0) is 24.3 Å². The second-order valence-electron chi connectivity index (χ2n) is 5.57. The van der Waals surface area contributed by atoms with Crippen molar-refractivity contribution >= 4 is 39.9 Å². The molecule has 3 fully saturated rings. The van der Waals surface area contributed by atoms with Gasteiger partial charge in [0.2, 0.25) is 6.29 Å². The molecule has 0 spiro atoms. The zero-order chi connectivity index (χ0) is 15.1. The quantitative estimate of drug-likeness (QED) is 0.424. The van der Waals surface area contributed by atoms with Crippen LogP contribution in [0.5, 0.6) is 0 Å². The maximum atomic E-state index is 11.9. The maximum Gasteiger partial charge on any atom is 0.253 e. The Hall–Kier alpha value is -0.900. The van der Waals surface area contributed by atoms with E-state index in [0.29, 0.717) is 13.2 Å². The molecule has 3 saturated heterocycles. The molecule has 0 saturated carbocycles. The number of rotatable bonds is 3. The number of benzene rings is 1. The van der Waals surface area contributed by atoms with E-state index in [9.17, 15) is 4.79 Å². The number of hydrogen-bond donors (Lipinski definition) is 0. The van der Waals surface area contributed by atoms with E-state index in [4.69, 9.17) is 14.2 Å². The van der Waals surface area contributed by atoms with E-state index in [1.807, 2.05) is 24.3 Å². The lowest BCUT2D eigenvalue weighted by Crippen LogP contribution is -2.43. The predicted octanol–water partition coefficient (Wildman–Crippen LogP) is 1.37. The van der Waals surface area contributed by atoms with Crippen molar-refractivity contribution in [2.75, 3.05) is 40.5 Å². The number of alkyl halides is 1. The van der Waals surface area contributed by atoms with E-state index in [2.05, 4.69) is 27.5 Å². The summed E-state index contributed by atoms with van der Waals surface area (Å²) in [5.41, 5.74) is 2.03. The summed E-state index contributed by atoms with van der Waals surface area (Å²) < 4.78 is 17.4. The topological polar surface area (TPSA) is 54.5 Å². The minimum absolute atomic E-state index is 0.0148. The highest BCUT2D eigenvalue weighted by atomic mass is 127. The Labute approximate surface area is 142 Å². The minimum Gasteiger partial charge on any atom is -0.370 e. The van der Waals surface area contributed by atoms with E-state index in [0.717, 1.165) is 22.3 Å². The van der Waals surface area contributed by atoms with Crippen molar-refractivity contribution in [3.8, 4) is 0 Å². The third kappa shape index (κ3) is 2.70. The summed E-state index contributed by atoms with van der Waals surface area (Å²) in [6.45, 7) is 2.20. The predicted molar refractivity (Wildman–Crippen MR) is 89.4 cm³/mol. The molecule has 0 N–H and O–H groups in total. The summed E-state index contributed by atoms with van der Waals surface area (Å²) in [5, 5.41) is 0. The van der Waals surface area contributed by atoms with Crippen LogP contribution in [0.3, 0.4) is 0 Å². The van der Waals surface area contributed by atoms with Crippen LogP contribution in [0.15, 0.2) is 24.3 Å². The number of ether oxygens (including phenoxy) is 3. The van der Waals surface area contributed by atoms with E-state index < -0.39 is 0 Å². The fraction of sp³-hybridized carbons (Fsp3) is 0.533. The largest absolute Gasteiger partial charge is 0.370 e. The third-order valence-corrected chi connectivity index (χ3v) is 5.10. The van der Waals surface area contributed by atoms with Crippen LogP contribution in [-0.2, 0) is 19.0 Å². The van der Waals surface area contributed by atoms with Crippen molar-refractivity contribution in [1.29, 1.82) is 0 Å². The zero-order valence-electron chi connectivity index (χ0n) is 12.0. The van der Waals surface area contributed by atoms with Gasteiger partial charge in [0.25, 0.3) is 5.91 Å². The first-order valence-electron chi connectivity index (χ1n) is 7.38. The number of amides is 1. The lowest BCUT2D eigenvalue weighted by atomic mass is 10.2. The Morgan fingerprint density at radius 1 is 1.18 bits per heavy atom. The Morgan fingerprint density at radius 3 is 2.68 bits per heavy atom. The first kappa shape index (κ1) is 14.7. The van der Waals surface area contributed by atoms with E-state index in [1.165, 1.54) is 0 Å². The number of halogens is 1. The number of morpholine rings is 2. The summed E-state index contributed by atoms with van der Waals surface area (Å²) in [7, 11) is 0. The molecule has 0 radical (unpaired) electrons. The van der Waals surface area contributed by atoms with Crippen LogP contribution in [0.25, 0.3) is 0 Å². The number of anilines is 2. The first-order valence-corrected chi connectivity index (χ1v) is 8.90. The molecule has 6 nitrogen and oxygen atoms in total. The van der Waals surface area contributed by atoms with Crippen molar-refractivity contribution in [3.05, 3.63) is 24.3 Å². The molecule has 4 rings (SSSR count). The molecule has 0 bridgehead atoms. The van der Waals surface area contributed by atoms with Crippen LogP contribution in [0, 0.1) is 0 Å². The lowest BCUT2D eigenvalue weighted by molar-refractivity contribution is -0.125. The van der Waals surface area contributed by atoms with Crippen LogP contribution in [-0.4, -0.2) is 55.3 Å². The number of fused-ring (bicyclic) bond motifs is 1. The average molecular weight is 416 g/mol. The SMILES string of the molecule is O=C1COCCN1c1ccc(N2C[C@H](CI)OC3OC32)cc1. The molecular formula is C15H17IN2O4. The van der Waals surface area contributed by atoms with Crippen LogP contribution in [0.1, 0.15) is 0 Å². The van der Waals surface area contributed by atoms with Crippen LogP contribution < -0.4 is 9.80 Å². The molecule has 3 aliphatic heterocycles. The fourth-order valence-electron chi connectivity index (χ4n) is 2.92. The molecule has 1 aromatic rings. The van der Waals surface area contributed by atoms with E-state index in [-0.39, 0.29) is 31.1 Å². The fourth-order valence-corrected chi connectivity index (χ4v) is 3.41. The van der Waals surface area contributed by atoms with Gasteiger partial charge < -0.3 is 24.0 Å². The third-order valence-electron chi connectivity index (χ3n) is 4.11. The summed E-state index contributed by atoms with van der Waals surface area (Å²) >= 11 is 2.34. The standard InChI is InChI=1S/C15H17IN2O4/c16-7-12-8-18(14-15(21-12)22-14)11-3-1-10(2-4-11)17-5-6-20-9-13(17)19/h1-4,12,14-15H,5-9H2/t12-,14?,15?/m0/s1. The molecule has 3 atom stereocenters. The van der Waals surface area contributed by atoms with Gasteiger partial charge in [0.05, 0.1) is 12.7 Å². The number of nitrogens with zero attached hydrogens (tertiary/aromatic N) is 2. The number of carbonyl (C=O) groups is 1. The Kier molecular flexibility index (Phi) is 3.97. The Bertz CT molecular complexity index is 567. The molecule has 2 unspecified atom stereocenters. The second-order valence-corrected chi connectivity index (χ2v) is 6.45. The highest BCUT2D eigenvalue weighted by Crippen LogP contribution is 2.37. The highest BCUT2D eigenvalue weighted by molar-refractivity contribution is 14.1. The van der Waals surface area contributed by atoms with Gasteiger partial charge >= 0.3 is 0 Å². The van der Waals surface area contributed by atoms with Gasteiger partial charge in [0, 0.05) is 28.9 Å². The molecule has 7 heteroatoms.